The number of carbonyl (C=O) groups is 1. The molecule has 0 amide bonds. The van der Waals surface area contributed by atoms with Crippen LogP contribution in [0, 0.1) is 0 Å². The van der Waals surface area contributed by atoms with Gasteiger partial charge in [-0.1, -0.05) is 38.3 Å². The van der Waals surface area contributed by atoms with E-state index in [0.29, 0.717) is 23.8 Å². The van der Waals surface area contributed by atoms with Gasteiger partial charge in [0, 0.05) is 10.6 Å². The van der Waals surface area contributed by atoms with E-state index in [4.69, 9.17) is 21.1 Å². The number of hydrogen-bond donors (Lipinski definition) is 0. The molecule has 4 heteroatoms. The van der Waals surface area contributed by atoms with Crippen molar-refractivity contribution in [2.24, 2.45) is 0 Å². The summed E-state index contributed by atoms with van der Waals surface area (Å²) < 4.78 is 11.1. The Balaban J connectivity index is 2.63. The van der Waals surface area contributed by atoms with Crippen LogP contribution >= 0.6 is 11.6 Å². The van der Waals surface area contributed by atoms with Crippen molar-refractivity contribution >= 4 is 17.4 Å². The van der Waals surface area contributed by atoms with Crippen molar-refractivity contribution in [2.45, 2.75) is 45.8 Å². The van der Waals surface area contributed by atoms with Crippen molar-refractivity contribution in [3.05, 3.63) is 34.9 Å². The third kappa shape index (κ3) is 6.04. The molecular formula is C16H23ClO3. The van der Waals surface area contributed by atoms with Gasteiger partial charge in [-0.15, -0.1) is 0 Å². The van der Waals surface area contributed by atoms with E-state index in [1.54, 1.807) is 24.3 Å². The average molecular weight is 299 g/mol. The Kier molecular flexibility index (Phi) is 8.51. The molecule has 20 heavy (non-hydrogen) atoms. The molecule has 0 unspecified atom stereocenters. The van der Waals surface area contributed by atoms with E-state index in [1.165, 1.54) is 0 Å². The Morgan fingerprint density at radius 2 is 1.55 bits per heavy atom. The van der Waals surface area contributed by atoms with Gasteiger partial charge in [0.2, 0.25) is 12.1 Å². The molecule has 0 atom stereocenters. The van der Waals surface area contributed by atoms with Gasteiger partial charge in [-0.2, -0.15) is 0 Å². The molecule has 0 saturated heterocycles. The molecule has 1 aromatic carbocycles. The van der Waals surface area contributed by atoms with Gasteiger partial charge < -0.3 is 9.47 Å². The summed E-state index contributed by atoms with van der Waals surface area (Å²) in [6.07, 6.45) is 3.07. The first-order valence-electron chi connectivity index (χ1n) is 7.22. The number of carbonyl (C=O) groups excluding carboxylic acids is 1. The highest BCUT2D eigenvalue weighted by Gasteiger charge is 2.21. The van der Waals surface area contributed by atoms with Crippen LogP contribution in [0.2, 0.25) is 5.02 Å². The molecule has 0 heterocycles. The molecule has 0 aliphatic heterocycles. The monoisotopic (exact) mass is 298 g/mol. The van der Waals surface area contributed by atoms with Crippen molar-refractivity contribution < 1.29 is 14.3 Å². The zero-order chi connectivity index (χ0) is 14.8. The van der Waals surface area contributed by atoms with Crippen LogP contribution in [0.1, 0.15) is 49.9 Å². The minimum Gasteiger partial charge on any atom is -0.346 e. The van der Waals surface area contributed by atoms with Crippen molar-refractivity contribution in [2.75, 3.05) is 13.2 Å². The number of Topliss-reactive ketones (excluding diaryl/α,β-unsaturated/α-hetero) is 1. The van der Waals surface area contributed by atoms with Crippen LogP contribution in [-0.4, -0.2) is 25.3 Å². The fourth-order valence-electron chi connectivity index (χ4n) is 1.62. The summed E-state index contributed by atoms with van der Waals surface area (Å²) in [4.78, 5) is 12.4. The fourth-order valence-corrected chi connectivity index (χ4v) is 1.75. The molecule has 1 aromatic rings. The van der Waals surface area contributed by atoms with Gasteiger partial charge in [0.05, 0.1) is 13.2 Å². The molecular weight excluding hydrogens is 276 g/mol. The number of halogens is 1. The molecule has 3 nitrogen and oxygen atoms in total. The average Bonchev–Trinajstić information content (AvgIpc) is 2.46. The molecule has 0 aromatic heterocycles. The number of hydrogen-bond acceptors (Lipinski definition) is 3. The summed E-state index contributed by atoms with van der Waals surface area (Å²) in [5.74, 6) is -0.145. The predicted octanol–water partition coefficient (Wildman–Crippen LogP) is 4.48. The second-order valence-corrected chi connectivity index (χ2v) is 5.09. The lowest BCUT2D eigenvalue weighted by Crippen LogP contribution is -2.28. The number of ketones is 1. The van der Waals surface area contributed by atoms with E-state index >= 15 is 0 Å². The lowest BCUT2D eigenvalue weighted by Gasteiger charge is -2.17. The molecule has 0 bridgehead atoms. The zero-order valence-corrected chi connectivity index (χ0v) is 13.0. The molecule has 0 aliphatic rings. The van der Waals surface area contributed by atoms with Crippen LogP contribution < -0.4 is 0 Å². The molecule has 112 valence electrons. The first-order valence-corrected chi connectivity index (χ1v) is 7.59. The largest absolute Gasteiger partial charge is 0.346 e. The van der Waals surface area contributed by atoms with Crippen LogP contribution in [0.5, 0.6) is 0 Å². The summed E-state index contributed by atoms with van der Waals surface area (Å²) >= 11 is 5.83. The van der Waals surface area contributed by atoms with E-state index < -0.39 is 6.29 Å². The second-order valence-electron chi connectivity index (χ2n) is 4.65. The minimum atomic E-state index is -0.811. The molecule has 0 aliphatic carbocycles. The normalized spacial score (nSPS) is 11.0. The maximum atomic E-state index is 12.4. The Morgan fingerprint density at radius 3 is 2.00 bits per heavy atom. The fraction of sp³-hybridized carbons (Fsp3) is 0.562. The number of ether oxygens (including phenoxy) is 2. The molecule has 0 fully saturated rings. The second kappa shape index (κ2) is 9.92. The van der Waals surface area contributed by atoms with Gasteiger partial charge in [0.1, 0.15) is 0 Å². The lowest BCUT2D eigenvalue weighted by atomic mass is 10.1. The zero-order valence-electron chi connectivity index (χ0n) is 12.2. The maximum absolute atomic E-state index is 12.4. The highest BCUT2D eigenvalue weighted by Crippen LogP contribution is 2.13. The highest BCUT2D eigenvalue weighted by atomic mass is 35.5. The van der Waals surface area contributed by atoms with E-state index in [-0.39, 0.29) is 5.78 Å². The summed E-state index contributed by atoms with van der Waals surface area (Å²) in [6.45, 7) is 5.23. The van der Waals surface area contributed by atoms with Gasteiger partial charge in [-0.3, -0.25) is 4.79 Å². The minimum absolute atomic E-state index is 0.145. The third-order valence-electron chi connectivity index (χ3n) is 2.88. The van der Waals surface area contributed by atoms with Crippen LogP contribution in [0.15, 0.2) is 24.3 Å². The first-order chi connectivity index (χ1) is 9.69. The SMILES string of the molecule is CCCCOC(OCCCC)C(=O)c1ccc(Cl)cc1. The van der Waals surface area contributed by atoms with E-state index in [2.05, 4.69) is 13.8 Å². The van der Waals surface area contributed by atoms with Gasteiger partial charge in [-0.25, -0.2) is 0 Å². The summed E-state index contributed by atoms with van der Waals surface area (Å²) in [7, 11) is 0. The smallest absolute Gasteiger partial charge is 0.222 e. The van der Waals surface area contributed by atoms with Crippen molar-refractivity contribution in [1.82, 2.24) is 0 Å². The quantitative estimate of drug-likeness (QED) is 0.363. The van der Waals surface area contributed by atoms with E-state index in [0.717, 1.165) is 25.7 Å². The first kappa shape index (κ1) is 17.2. The lowest BCUT2D eigenvalue weighted by molar-refractivity contribution is -0.115. The Bertz CT molecular complexity index is 379. The van der Waals surface area contributed by atoms with Gasteiger partial charge >= 0.3 is 0 Å². The molecule has 0 radical (unpaired) electrons. The van der Waals surface area contributed by atoms with Gasteiger partial charge in [0.25, 0.3) is 0 Å². The molecule has 1 rings (SSSR count). The van der Waals surface area contributed by atoms with Gasteiger partial charge in [0.15, 0.2) is 0 Å². The summed E-state index contributed by atoms with van der Waals surface area (Å²) in [6, 6.07) is 6.79. The maximum Gasteiger partial charge on any atom is 0.222 e. The van der Waals surface area contributed by atoms with E-state index in [9.17, 15) is 4.79 Å². The Labute approximate surface area is 126 Å². The van der Waals surface area contributed by atoms with Crippen LogP contribution in [0.25, 0.3) is 0 Å². The Morgan fingerprint density at radius 1 is 1.05 bits per heavy atom. The predicted molar refractivity (Wildman–Crippen MR) is 81.3 cm³/mol. The number of unbranched alkanes of at least 4 members (excludes halogenated alkanes) is 2. The standard InChI is InChI=1S/C16H23ClO3/c1-3-5-11-19-16(20-12-6-4-2)15(18)13-7-9-14(17)10-8-13/h7-10,16H,3-6,11-12H2,1-2H3. The molecule has 0 spiro atoms. The van der Waals surface area contributed by atoms with Crippen molar-refractivity contribution in [3.63, 3.8) is 0 Å². The molecule has 0 saturated carbocycles. The summed E-state index contributed by atoms with van der Waals surface area (Å²) in [5.41, 5.74) is 0.562. The third-order valence-corrected chi connectivity index (χ3v) is 3.13. The van der Waals surface area contributed by atoms with Gasteiger partial charge in [-0.05, 0) is 37.1 Å². The van der Waals surface area contributed by atoms with Crippen molar-refractivity contribution in [3.8, 4) is 0 Å². The topological polar surface area (TPSA) is 35.5 Å². The van der Waals surface area contributed by atoms with Crippen LogP contribution in [0.3, 0.4) is 0 Å². The number of benzene rings is 1. The van der Waals surface area contributed by atoms with Crippen LogP contribution in [0.4, 0.5) is 0 Å². The Hall–Kier alpha value is -0.900. The molecule has 0 N–H and O–H groups in total. The van der Waals surface area contributed by atoms with Crippen molar-refractivity contribution in [1.29, 1.82) is 0 Å². The van der Waals surface area contributed by atoms with E-state index in [1.807, 2.05) is 0 Å². The van der Waals surface area contributed by atoms with Crippen LogP contribution in [-0.2, 0) is 9.47 Å². The summed E-state index contributed by atoms with van der Waals surface area (Å²) in [5, 5.41) is 0.608. The number of rotatable bonds is 10. The highest BCUT2D eigenvalue weighted by molar-refractivity contribution is 6.30.